The van der Waals surface area contributed by atoms with Gasteiger partial charge in [-0.25, -0.2) is 14.8 Å². The van der Waals surface area contributed by atoms with Crippen LogP contribution in [0.4, 0.5) is 5.82 Å². The fourth-order valence-corrected chi connectivity index (χ4v) is 1.81. The standard InChI is InChI=1S/C13H13N3O4/c17-11(18)6-5-10(13(19)20)16-12-8-3-1-2-4-9(8)14-7-15-12/h1-4,7,10H,5-6H2,(H,17,18)(H,19,20)(H,14,15,16)/t10-/m1/s1. The van der Waals surface area contributed by atoms with Gasteiger partial charge in [0.25, 0.3) is 0 Å². The molecule has 0 fully saturated rings. The lowest BCUT2D eigenvalue weighted by atomic mass is 10.1. The Labute approximate surface area is 114 Å². The molecule has 0 spiro atoms. The molecule has 0 amide bonds. The van der Waals surface area contributed by atoms with E-state index < -0.39 is 18.0 Å². The van der Waals surface area contributed by atoms with Crippen molar-refractivity contribution in [1.82, 2.24) is 9.97 Å². The Hall–Kier alpha value is -2.70. The minimum absolute atomic E-state index is 0.0248. The third-order valence-corrected chi connectivity index (χ3v) is 2.80. The van der Waals surface area contributed by atoms with E-state index in [-0.39, 0.29) is 12.8 Å². The molecule has 0 radical (unpaired) electrons. The van der Waals surface area contributed by atoms with E-state index in [1.54, 1.807) is 18.2 Å². The molecule has 1 atom stereocenters. The summed E-state index contributed by atoms with van der Waals surface area (Å²) in [5.41, 5.74) is 0.687. The first kappa shape index (κ1) is 13.7. The number of hydrogen-bond acceptors (Lipinski definition) is 5. The third-order valence-electron chi connectivity index (χ3n) is 2.80. The number of aromatic nitrogens is 2. The summed E-state index contributed by atoms with van der Waals surface area (Å²) in [6.07, 6.45) is 1.08. The third kappa shape index (κ3) is 3.19. The molecule has 1 aromatic carbocycles. The summed E-state index contributed by atoms with van der Waals surface area (Å²) in [5.74, 6) is -1.77. The van der Waals surface area contributed by atoms with Crippen LogP contribution < -0.4 is 5.32 Å². The number of para-hydroxylation sites is 1. The molecule has 20 heavy (non-hydrogen) atoms. The summed E-state index contributed by atoms with van der Waals surface area (Å²) in [7, 11) is 0. The van der Waals surface area contributed by atoms with E-state index in [0.717, 1.165) is 0 Å². The number of hydrogen-bond donors (Lipinski definition) is 3. The first-order chi connectivity index (χ1) is 9.58. The Morgan fingerprint density at radius 1 is 1.20 bits per heavy atom. The first-order valence-corrected chi connectivity index (χ1v) is 5.99. The monoisotopic (exact) mass is 275 g/mol. The molecule has 3 N–H and O–H groups in total. The Balaban J connectivity index is 2.24. The molecule has 0 saturated heterocycles. The van der Waals surface area contributed by atoms with Gasteiger partial charge in [0.2, 0.25) is 0 Å². The second-order valence-corrected chi connectivity index (χ2v) is 4.21. The van der Waals surface area contributed by atoms with Gasteiger partial charge in [0.15, 0.2) is 0 Å². The van der Waals surface area contributed by atoms with Crippen molar-refractivity contribution >= 4 is 28.7 Å². The van der Waals surface area contributed by atoms with Gasteiger partial charge in [0, 0.05) is 11.8 Å². The molecule has 1 aromatic heterocycles. The highest BCUT2D eigenvalue weighted by molar-refractivity contribution is 5.90. The number of benzene rings is 1. The van der Waals surface area contributed by atoms with E-state index in [1.165, 1.54) is 6.33 Å². The second kappa shape index (κ2) is 5.96. The van der Waals surface area contributed by atoms with Crippen LogP contribution in [0.15, 0.2) is 30.6 Å². The zero-order valence-electron chi connectivity index (χ0n) is 10.5. The molecular formula is C13H13N3O4. The summed E-state index contributed by atoms with van der Waals surface area (Å²) in [6, 6.07) is 6.16. The molecular weight excluding hydrogens is 262 g/mol. The SMILES string of the molecule is O=C(O)CC[C@@H](Nc1ncnc2ccccc12)C(=O)O. The smallest absolute Gasteiger partial charge is 0.326 e. The zero-order chi connectivity index (χ0) is 14.5. The summed E-state index contributed by atoms with van der Waals surface area (Å²) >= 11 is 0. The minimum Gasteiger partial charge on any atom is -0.481 e. The number of carboxylic acids is 2. The molecule has 104 valence electrons. The number of carbonyl (C=O) groups is 2. The molecule has 0 aliphatic rings. The van der Waals surface area contributed by atoms with Crippen molar-refractivity contribution in [1.29, 1.82) is 0 Å². The van der Waals surface area contributed by atoms with Crippen molar-refractivity contribution < 1.29 is 19.8 Å². The molecule has 0 bridgehead atoms. The number of rotatable bonds is 6. The van der Waals surface area contributed by atoms with Gasteiger partial charge in [-0.3, -0.25) is 4.79 Å². The van der Waals surface area contributed by atoms with E-state index in [1.807, 2.05) is 6.07 Å². The van der Waals surface area contributed by atoms with Crippen LogP contribution in [0.2, 0.25) is 0 Å². The maximum Gasteiger partial charge on any atom is 0.326 e. The average molecular weight is 275 g/mol. The van der Waals surface area contributed by atoms with Crippen LogP contribution >= 0.6 is 0 Å². The number of nitrogens with one attached hydrogen (secondary N) is 1. The first-order valence-electron chi connectivity index (χ1n) is 5.99. The molecule has 0 aliphatic carbocycles. The van der Waals surface area contributed by atoms with Gasteiger partial charge in [-0.1, -0.05) is 12.1 Å². The van der Waals surface area contributed by atoms with Gasteiger partial charge in [-0.2, -0.15) is 0 Å². The Morgan fingerprint density at radius 2 is 1.95 bits per heavy atom. The Bertz CT molecular complexity index is 639. The van der Waals surface area contributed by atoms with Crippen molar-refractivity contribution in [3.63, 3.8) is 0 Å². The van der Waals surface area contributed by atoms with Gasteiger partial charge >= 0.3 is 11.9 Å². The number of aliphatic carboxylic acids is 2. The fourth-order valence-electron chi connectivity index (χ4n) is 1.81. The van der Waals surface area contributed by atoms with Crippen LogP contribution in [0.5, 0.6) is 0 Å². The molecule has 2 aromatic rings. The molecule has 2 rings (SSSR count). The highest BCUT2D eigenvalue weighted by Gasteiger charge is 2.19. The zero-order valence-corrected chi connectivity index (χ0v) is 10.5. The van der Waals surface area contributed by atoms with E-state index in [9.17, 15) is 9.59 Å². The fraction of sp³-hybridized carbons (Fsp3) is 0.231. The van der Waals surface area contributed by atoms with Crippen molar-refractivity contribution in [2.45, 2.75) is 18.9 Å². The van der Waals surface area contributed by atoms with Gasteiger partial charge in [-0.15, -0.1) is 0 Å². The molecule has 7 nitrogen and oxygen atoms in total. The van der Waals surface area contributed by atoms with E-state index in [2.05, 4.69) is 15.3 Å². The summed E-state index contributed by atoms with van der Waals surface area (Å²) in [4.78, 5) is 29.8. The highest BCUT2D eigenvalue weighted by atomic mass is 16.4. The largest absolute Gasteiger partial charge is 0.481 e. The maximum absolute atomic E-state index is 11.2. The molecule has 0 saturated carbocycles. The van der Waals surface area contributed by atoms with E-state index in [0.29, 0.717) is 16.7 Å². The van der Waals surface area contributed by atoms with Gasteiger partial charge in [0.05, 0.1) is 5.52 Å². The summed E-state index contributed by atoms with van der Waals surface area (Å²) in [5, 5.41) is 21.2. The quantitative estimate of drug-likeness (QED) is 0.729. The summed E-state index contributed by atoms with van der Waals surface area (Å²) in [6.45, 7) is 0. The van der Waals surface area contributed by atoms with E-state index >= 15 is 0 Å². The predicted molar refractivity (Wildman–Crippen MR) is 71.5 cm³/mol. The van der Waals surface area contributed by atoms with Crippen LogP contribution in [0.25, 0.3) is 10.9 Å². The van der Waals surface area contributed by atoms with E-state index in [4.69, 9.17) is 10.2 Å². The van der Waals surface area contributed by atoms with Crippen LogP contribution in [-0.4, -0.2) is 38.2 Å². The predicted octanol–water partition coefficient (Wildman–Crippen LogP) is 1.36. The lowest BCUT2D eigenvalue weighted by molar-refractivity contribution is -0.139. The number of anilines is 1. The average Bonchev–Trinajstić information content (AvgIpc) is 2.43. The van der Waals surface area contributed by atoms with Crippen LogP contribution in [0.3, 0.4) is 0 Å². The van der Waals surface area contributed by atoms with Crippen molar-refractivity contribution in [2.24, 2.45) is 0 Å². The van der Waals surface area contributed by atoms with Crippen molar-refractivity contribution in [2.75, 3.05) is 5.32 Å². The van der Waals surface area contributed by atoms with Crippen LogP contribution in [-0.2, 0) is 9.59 Å². The number of fused-ring (bicyclic) bond motifs is 1. The maximum atomic E-state index is 11.2. The van der Waals surface area contributed by atoms with Crippen LogP contribution in [0.1, 0.15) is 12.8 Å². The van der Waals surface area contributed by atoms with Gasteiger partial charge in [-0.05, 0) is 18.6 Å². The van der Waals surface area contributed by atoms with Crippen molar-refractivity contribution in [3.05, 3.63) is 30.6 Å². The minimum atomic E-state index is -1.12. The number of carboxylic acid groups (broad SMARTS) is 2. The molecule has 7 heteroatoms. The van der Waals surface area contributed by atoms with Gasteiger partial charge in [0.1, 0.15) is 18.2 Å². The second-order valence-electron chi connectivity index (χ2n) is 4.21. The topological polar surface area (TPSA) is 112 Å². The van der Waals surface area contributed by atoms with Gasteiger partial charge < -0.3 is 15.5 Å². The number of nitrogens with zero attached hydrogens (tertiary/aromatic N) is 2. The lowest BCUT2D eigenvalue weighted by Crippen LogP contribution is -2.30. The highest BCUT2D eigenvalue weighted by Crippen LogP contribution is 2.19. The Morgan fingerprint density at radius 3 is 2.65 bits per heavy atom. The Kier molecular flexibility index (Phi) is 4.09. The molecule has 0 unspecified atom stereocenters. The molecule has 0 aliphatic heterocycles. The molecule has 1 heterocycles. The normalized spacial score (nSPS) is 12.0. The lowest BCUT2D eigenvalue weighted by Gasteiger charge is -2.15. The van der Waals surface area contributed by atoms with Crippen LogP contribution in [0, 0.1) is 0 Å². The summed E-state index contributed by atoms with van der Waals surface area (Å²) < 4.78 is 0. The van der Waals surface area contributed by atoms with Crippen molar-refractivity contribution in [3.8, 4) is 0 Å².